The molecule has 0 aliphatic heterocycles. The molecule has 0 amide bonds. The quantitative estimate of drug-likeness (QED) is 0.822. The molecule has 1 heterocycles. The van der Waals surface area contributed by atoms with Gasteiger partial charge in [-0.05, 0) is 18.9 Å². The summed E-state index contributed by atoms with van der Waals surface area (Å²) >= 11 is 0. The average Bonchev–Trinajstić information content (AvgIpc) is 2.68. The molecule has 1 aliphatic rings. The van der Waals surface area contributed by atoms with Crippen molar-refractivity contribution < 1.29 is 13.5 Å². The SMILES string of the molecule is Cn1ccc(S(=O)(=O)NCC2(O)CCCCCC2)c1. The molecule has 6 heteroatoms. The molecule has 0 radical (unpaired) electrons. The minimum absolute atomic E-state index is 0.101. The van der Waals surface area contributed by atoms with Gasteiger partial charge in [0.15, 0.2) is 0 Å². The Hall–Kier alpha value is -0.850. The molecule has 0 spiro atoms. The lowest BCUT2D eigenvalue weighted by Gasteiger charge is -2.26. The molecule has 1 fully saturated rings. The van der Waals surface area contributed by atoms with Gasteiger partial charge in [-0.1, -0.05) is 25.7 Å². The van der Waals surface area contributed by atoms with Gasteiger partial charge in [0.2, 0.25) is 10.0 Å². The number of sulfonamides is 1. The van der Waals surface area contributed by atoms with E-state index in [2.05, 4.69) is 4.72 Å². The fraction of sp³-hybridized carbons (Fsp3) is 0.692. The second kappa shape index (κ2) is 5.64. The minimum atomic E-state index is -3.52. The zero-order valence-corrected chi connectivity index (χ0v) is 12.1. The summed E-state index contributed by atoms with van der Waals surface area (Å²) in [4.78, 5) is 0.243. The topological polar surface area (TPSA) is 71.3 Å². The van der Waals surface area contributed by atoms with Crippen LogP contribution in [0.1, 0.15) is 38.5 Å². The summed E-state index contributed by atoms with van der Waals surface area (Å²) in [6, 6.07) is 1.56. The third-order valence-corrected chi connectivity index (χ3v) is 5.13. The molecule has 1 aromatic rings. The fourth-order valence-corrected chi connectivity index (χ4v) is 3.68. The van der Waals surface area contributed by atoms with E-state index in [1.165, 1.54) is 0 Å². The van der Waals surface area contributed by atoms with Crippen LogP contribution in [0.25, 0.3) is 0 Å². The van der Waals surface area contributed by atoms with E-state index in [1.807, 2.05) is 0 Å². The summed E-state index contributed by atoms with van der Waals surface area (Å²) in [5.74, 6) is 0. The van der Waals surface area contributed by atoms with E-state index in [-0.39, 0.29) is 11.4 Å². The van der Waals surface area contributed by atoms with Gasteiger partial charge in [0, 0.05) is 26.0 Å². The number of hydrogen-bond acceptors (Lipinski definition) is 3. The lowest BCUT2D eigenvalue weighted by molar-refractivity contribution is 0.0303. The summed E-state index contributed by atoms with van der Waals surface area (Å²) < 4.78 is 28.4. The number of nitrogens with one attached hydrogen (secondary N) is 1. The summed E-state index contributed by atoms with van der Waals surface area (Å²) in [5.41, 5.74) is -0.891. The van der Waals surface area contributed by atoms with Crippen molar-refractivity contribution in [1.29, 1.82) is 0 Å². The van der Waals surface area contributed by atoms with E-state index in [9.17, 15) is 13.5 Å². The molecule has 1 saturated carbocycles. The van der Waals surface area contributed by atoms with Gasteiger partial charge < -0.3 is 9.67 Å². The summed E-state index contributed by atoms with van der Waals surface area (Å²) in [6.07, 6.45) is 8.75. The van der Waals surface area contributed by atoms with Crippen LogP contribution in [0.3, 0.4) is 0 Å². The second-order valence-corrected chi connectivity index (χ2v) is 7.24. The van der Waals surface area contributed by atoms with Gasteiger partial charge in [-0.25, -0.2) is 13.1 Å². The summed E-state index contributed by atoms with van der Waals surface area (Å²) in [7, 11) is -1.74. The van der Waals surface area contributed by atoms with Crippen LogP contribution in [0.2, 0.25) is 0 Å². The second-order valence-electron chi connectivity index (χ2n) is 5.48. The van der Waals surface area contributed by atoms with Crippen LogP contribution < -0.4 is 4.72 Å². The van der Waals surface area contributed by atoms with E-state index >= 15 is 0 Å². The predicted molar refractivity (Wildman–Crippen MR) is 73.3 cm³/mol. The van der Waals surface area contributed by atoms with Crippen LogP contribution in [0.15, 0.2) is 23.4 Å². The van der Waals surface area contributed by atoms with Crippen LogP contribution >= 0.6 is 0 Å². The molecule has 1 aromatic heterocycles. The van der Waals surface area contributed by atoms with E-state index < -0.39 is 15.6 Å². The Morgan fingerprint density at radius 1 is 1.32 bits per heavy atom. The molecule has 2 N–H and O–H groups in total. The van der Waals surface area contributed by atoms with Gasteiger partial charge in [0.05, 0.1) is 10.5 Å². The largest absolute Gasteiger partial charge is 0.389 e. The van der Waals surface area contributed by atoms with Gasteiger partial charge in [-0.2, -0.15) is 0 Å². The smallest absolute Gasteiger partial charge is 0.242 e. The highest BCUT2D eigenvalue weighted by atomic mass is 32.2. The first-order valence-electron chi connectivity index (χ1n) is 6.75. The lowest BCUT2D eigenvalue weighted by atomic mass is 9.95. The number of aromatic nitrogens is 1. The Morgan fingerprint density at radius 2 is 1.95 bits per heavy atom. The van der Waals surface area contributed by atoms with Gasteiger partial charge in [-0.15, -0.1) is 0 Å². The van der Waals surface area contributed by atoms with Crippen molar-refractivity contribution in [3.05, 3.63) is 18.5 Å². The first-order valence-corrected chi connectivity index (χ1v) is 8.24. The monoisotopic (exact) mass is 286 g/mol. The molecule has 1 aliphatic carbocycles. The standard InChI is InChI=1S/C13H22N2O3S/c1-15-9-6-12(10-15)19(17,18)14-11-13(16)7-4-2-3-5-8-13/h6,9-10,14,16H,2-5,7-8,11H2,1H3. The molecular formula is C13H22N2O3S. The van der Waals surface area contributed by atoms with E-state index in [0.29, 0.717) is 12.8 Å². The Labute approximate surface area is 114 Å². The molecule has 108 valence electrons. The Bertz CT molecular complexity index is 514. The number of nitrogens with zero attached hydrogens (tertiary/aromatic N) is 1. The average molecular weight is 286 g/mol. The summed E-state index contributed by atoms with van der Waals surface area (Å²) in [6.45, 7) is 0.101. The van der Waals surface area contributed by atoms with Gasteiger partial charge in [0.25, 0.3) is 0 Å². The molecule has 0 saturated heterocycles. The molecule has 0 unspecified atom stereocenters. The Balaban J connectivity index is 2.01. The zero-order chi connectivity index (χ0) is 13.9. The van der Waals surface area contributed by atoms with E-state index in [1.54, 1.807) is 30.1 Å². The number of aryl methyl sites for hydroxylation is 1. The molecule has 0 aromatic carbocycles. The first kappa shape index (κ1) is 14.6. The minimum Gasteiger partial charge on any atom is -0.389 e. The van der Waals surface area contributed by atoms with Crippen molar-refractivity contribution in [2.45, 2.75) is 49.0 Å². The first-order chi connectivity index (χ1) is 8.91. The summed E-state index contributed by atoms with van der Waals surface area (Å²) in [5, 5.41) is 10.4. The molecular weight excluding hydrogens is 264 g/mol. The van der Waals surface area contributed by atoms with Crippen molar-refractivity contribution in [3.63, 3.8) is 0 Å². The molecule has 0 bridgehead atoms. The van der Waals surface area contributed by atoms with Crippen LogP contribution in [-0.2, 0) is 17.1 Å². The van der Waals surface area contributed by atoms with Crippen molar-refractivity contribution in [3.8, 4) is 0 Å². The maximum Gasteiger partial charge on any atom is 0.242 e. The van der Waals surface area contributed by atoms with Gasteiger partial charge in [-0.3, -0.25) is 0 Å². The maximum absolute atomic E-state index is 12.1. The van der Waals surface area contributed by atoms with Crippen molar-refractivity contribution in [1.82, 2.24) is 9.29 Å². The van der Waals surface area contributed by atoms with Crippen LogP contribution in [0.4, 0.5) is 0 Å². The number of aliphatic hydroxyl groups is 1. The number of hydrogen-bond donors (Lipinski definition) is 2. The normalized spacial score (nSPS) is 20.1. The van der Waals surface area contributed by atoms with Crippen LogP contribution in [0, 0.1) is 0 Å². The Kier molecular flexibility index (Phi) is 4.32. The fourth-order valence-electron chi connectivity index (χ4n) is 2.51. The van der Waals surface area contributed by atoms with Crippen molar-refractivity contribution in [2.75, 3.05) is 6.54 Å². The van der Waals surface area contributed by atoms with Crippen molar-refractivity contribution in [2.24, 2.45) is 7.05 Å². The predicted octanol–water partition coefficient (Wildman–Crippen LogP) is 1.39. The maximum atomic E-state index is 12.1. The van der Waals surface area contributed by atoms with Crippen molar-refractivity contribution >= 4 is 10.0 Å². The third kappa shape index (κ3) is 3.81. The highest BCUT2D eigenvalue weighted by molar-refractivity contribution is 7.89. The highest BCUT2D eigenvalue weighted by Gasteiger charge is 2.30. The van der Waals surface area contributed by atoms with Crippen LogP contribution in [0.5, 0.6) is 0 Å². The Morgan fingerprint density at radius 3 is 2.47 bits per heavy atom. The number of rotatable bonds is 4. The third-order valence-electron chi connectivity index (χ3n) is 3.74. The van der Waals surface area contributed by atoms with Crippen LogP contribution in [-0.4, -0.2) is 30.2 Å². The van der Waals surface area contributed by atoms with E-state index in [0.717, 1.165) is 25.7 Å². The molecule has 2 rings (SSSR count). The van der Waals surface area contributed by atoms with E-state index in [4.69, 9.17) is 0 Å². The molecule has 0 atom stereocenters. The molecule has 19 heavy (non-hydrogen) atoms. The van der Waals surface area contributed by atoms with Gasteiger partial charge in [0.1, 0.15) is 0 Å². The zero-order valence-electron chi connectivity index (χ0n) is 11.3. The molecule has 5 nitrogen and oxygen atoms in total. The highest BCUT2D eigenvalue weighted by Crippen LogP contribution is 2.26. The van der Waals surface area contributed by atoms with Gasteiger partial charge >= 0.3 is 0 Å². The lowest BCUT2D eigenvalue weighted by Crippen LogP contribution is -2.42.